The van der Waals surface area contributed by atoms with Crippen molar-refractivity contribution in [2.45, 2.75) is 6.54 Å². The summed E-state index contributed by atoms with van der Waals surface area (Å²) in [5, 5.41) is 12.9. The highest BCUT2D eigenvalue weighted by Gasteiger charge is 2.01. The molecular weight excluding hydrogens is 266 g/mol. The Hall–Kier alpha value is -2.27. The second-order valence-corrected chi connectivity index (χ2v) is 5.02. The molecule has 0 radical (unpaired) electrons. The van der Waals surface area contributed by atoms with Crippen LogP contribution in [0.3, 0.4) is 0 Å². The van der Waals surface area contributed by atoms with E-state index in [9.17, 15) is 5.11 Å². The first-order valence-corrected chi connectivity index (χ1v) is 6.89. The molecule has 1 aromatic carbocycles. The Kier molecular flexibility index (Phi) is 5.40. The van der Waals surface area contributed by atoms with Crippen molar-refractivity contribution >= 4 is 5.69 Å². The molecule has 5 nitrogen and oxygen atoms in total. The first kappa shape index (κ1) is 15.1. The highest BCUT2D eigenvalue weighted by atomic mass is 16.5. The number of para-hydroxylation sites is 1. The Morgan fingerprint density at radius 2 is 2.00 bits per heavy atom. The molecule has 112 valence electrons. The summed E-state index contributed by atoms with van der Waals surface area (Å²) in [5.41, 5.74) is 1.74. The molecule has 0 saturated heterocycles. The lowest BCUT2D eigenvalue weighted by Crippen LogP contribution is -2.19. The topological polar surface area (TPSA) is 57.6 Å². The number of rotatable bonds is 7. The van der Waals surface area contributed by atoms with Gasteiger partial charge in [-0.05, 0) is 26.2 Å². The minimum absolute atomic E-state index is 0.293. The SMILES string of the molecule is CN(C)CCOc1ccc(NCc2ccccc2O)cn1. The Bertz CT molecular complexity index is 556. The highest BCUT2D eigenvalue weighted by molar-refractivity contribution is 5.44. The molecule has 0 aliphatic heterocycles. The quantitative estimate of drug-likeness (QED) is 0.818. The van der Waals surface area contributed by atoms with E-state index in [1.807, 2.05) is 38.4 Å². The smallest absolute Gasteiger partial charge is 0.213 e. The van der Waals surface area contributed by atoms with Gasteiger partial charge >= 0.3 is 0 Å². The third-order valence-electron chi connectivity index (χ3n) is 3.00. The fourth-order valence-corrected chi connectivity index (χ4v) is 1.76. The van der Waals surface area contributed by atoms with E-state index in [0.717, 1.165) is 17.8 Å². The van der Waals surface area contributed by atoms with Crippen LogP contribution in [0.15, 0.2) is 42.6 Å². The van der Waals surface area contributed by atoms with Gasteiger partial charge in [-0.1, -0.05) is 18.2 Å². The molecule has 0 aliphatic carbocycles. The number of aromatic hydroxyl groups is 1. The van der Waals surface area contributed by atoms with E-state index in [2.05, 4.69) is 15.2 Å². The van der Waals surface area contributed by atoms with Crippen molar-refractivity contribution in [1.82, 2.24) is 9.88 Å². The first-order valence-electron chi connectivity index (χ1n) is 6.89. The van der Waals surface area contributed by atoms with E-state index in [1.54, 1.807) is 18.3 Å². The monoisotopic (exact) mass is 287 g/mol. The summed E-state index contributed by atoms with van der Waals surface area (Å²) in [7, 11) is 4.01. The first-order chi connectivity index (χ1) is 10.1. The van der Waals surface area contributed by atoms with E-state index in [4.69, 9.17) is 4.74 Å². The molecule has 21 heavy (non-hydrogen) atoms. The molecular formula is C16H21N3O2. The fourth-order valence-electron chi connectivity index (χ4n) is 1.76. The summed E-state index contributed by atoms with van der Waals surface area (Å²) in [6, 6.07) is 11.0. The predicted octanol–water partition coefficient (Wildman–Crippen LogP) is 2.34. The van der Waals surface area contributed by atoms with Crippen LogP contribution in [0.2, 0.25) is 0 Å². The maximum Gasteiger partial charge on any atom is 0.213 e. The zero-order valence-corrected chi connectivity index (χ0v) is 12.4. The number of pyridine rings is 1. The van der Waals surface area contributed by atoms with Gasteiger partial charge in [0, 0.05) is 24.7 Å². The van der Waals surface area contributed by atoms with Crippen LogP contribution in [-0.4, -0.2) is 42.2 Å². The van der Waals surface area contributed by atoms with Gasteiger partial charge in [0.25, 0.3) is 0 Å². The molecule has 0 unspecified atom stereocenters. The van der Waals surface area contributed by atoms with Crippen molar-refractivity contribution in [3.63, 3.8) is 0 Å². The second-order valence-electron chi connectivity index (χ2n) is 5.02. The van der Waals surface area contributed by atoms with Crippen LogP contribution in [0.5, 0.6) is 11.6 Å². The molecule has 0 saturated carbocycles. The van der Waals surface area contributed by atoms with Gasteiger partial charge in [-0.3, -0.25) is 0 Å². The van der Waals surface area contributed by atoms with Crippen molar-refractivity contribution in [2.24, 2.45) is 0 Å². The minimum atomic E-state index is 0.293. The van der Waals surface area contributed by atoms with Crippen LogP contribution in [-0.2, 0) is 6.54 Å². The van der Waals surface area contributed by atoms with Crippen LogP contribution in [0.4, 0.5) is 5.69 Å². The lowest BCUT2D eigenvalue weighted by Gasteiger charge is -2.11. The van der Waals surface area contributed by atoms with E-state index < -0.39 is 0 Å². The number of nitrogens with zero attached hydrogens (tertiary/aromatic N) is 2. The average Bonchev–Trinajstić information content (AvgIpc) is 2.47. The second kappa shape index (κ2) is 7.50. The number of ether oxygens (including phenoxy) is 1. The number of aromatic nitrogens is 1. The zero-order chi connectivity index (χ0) is 15.1. The van der Waals surface area contributed by atoms with Gasteiger partial charge in [0.2, 0.25) is 5.88 Å². The summed E-state index contributed by atoms with van der Waals surface area (Å²) in [6.07, 6.45) is 1.73. The lowest BCUT2D eigenvalue weighted by atomic mass is 10.2. The summed E-state index contributed by atoms with van der Waals surface area (Å²) in [5.74, 6) is 0.909. The molecule has 0 atom stereocenters. The van der Waals surface area contributed by atoms with Gasteiger partial charge in [-0.25, -0.2) is 4.98 Å². The third kappa shape index (κ3) is 4.96. The standard InChI is InChI=1S/C16H21N3O2/c1-19(2)9-10-21-16-8-7-14(12-18-16)17-11-13-5-3-4-6-15(13)20/h3-8,12,17,20H,9-11H2,1-2H3. The van der Waals surface area contributed by atoms with E-state index >= 15 is 0 Å². The Morgan fingerprint density at radius 3 is 2.67 bits per heavy atom. The maximum absolute atomic E-state index is 9.69. The van der Waals surface area contributed by atoms with Crippen molar-refractivity contribution in [3.05, 3.63) is 48.2 Å². The molecule has 2 N–H and O–H groups in total. The molecule has 1 heterocycles. The highest BCUT2D eigenvalue weighted by Crippen LogP contribution is 2.18. The minimum Gasteiger partial charge on any atom is -0.508 e. The Morgan fingerprint density at radius 1 is 1.19 bits per heavy atom. The number of anilines is 1. The molecule has 2 aromatic rings. The molecule has 0 fully saturated rings. The van der Waals surface area contributed by atoms with Gasteiger partial charge in [-0.15, -0.1) is 0 Å². The van der Waals surface area contributed by atoms with Crippen molar-refractivity contribution in [1.29, 1.82) is 0 Å². The summed E-state index contributed by atoms with van der Waals surface area (Å²) < 4.78 is 5.53. The Labute approximate surface area is 125 Å². The van der Waals surface area contributed by atoms with Gasteiger partial charge < -0.3 is 20.1 Å². The maximum atomic E-state index is 9.69. The van der Waals surface area contributed by atoms with Crippen molar-refractivity contribution < 1.29 is 9.84 Å². The number of nitrogens with one attached hydrogen (secondary N) is 1. The number of hydrogen-bond donors (Lipinski definition) is 2. The molecule has 0 spiro atoms. The molecule has 0 amide bonds. The van der Waals surface area contributed by atoms with Crippen molar-refractivity contribution in [3.8, 4) is 11.6 Å². The van der Waals surface area contributed by atoms with Gasteiger partial charge in [0.1, 0.15) is 12.4 Å². The van der Waals surface area contributed by atoms with Gasteiger partial charge in [0.15, 0.2) is 0 Å². The number of phenols is 1. The third-order valence-corrected chi connectivity index (χ3v) is 3.00. The average molecular weight is 287 g/mol. The summed E-state index contributed by atoms with van der Waals surface area (Å²) in [4.78, 5) is 6.30. The van der Waals surface area contributed by atoms with Gasteiger partial charge in [-0.2, -0.15) is 0 Å². The molecule has 5 heteroatoms. The van der Waals surface area contributed by atoms with Crippen LogP contribution in [0.25, 0.3) is 0 Å². The largest absolute Gasteiger partial charge is 0.508 e. The molecule has 0 aliphatic rings. The zero-order valence-electron chi connectivity index (χ0n) is 12.4. The fraction of sp³-hybridized carbons (Fsp3) is 0.312. The van der Waals surface area contributed by atoms with Crippen LogP contribution < -0.4 is 10.1 Å². The molecule has 0 bridgehead atoms. The molecule has 2 rings (SSSR count). The number of phenolic OH excluding ortho intramolecular Hbond substituents is 1. The number of likely N-dealkylation sites (N-methyl/N-ethyl adjacent to an activating group) is 1. The van der Waals surface area contributed by atoms with Crippen LogP contribution >= 0.6 is 0 Å². The van der Waals surface area contributed by atoms with Crippen molar-refractivity contribution in [2.75, 3.05) is 32.6 Å². The van der Waals surface area contributed by atoms with Gasteiger partial charge in [0.05, 0.1) is 11.9 Å². The summed E-state index contributed by atoms with van der Waals surface area (Å²) >= 11 is 0. The van der Waals surface area contributed by atoms with E-state index in [0.29, 0.717) is 24.8 Å². The van der Waals surface area contributed by atoms with E-state index in [-0.39, 0.29) is 0 Å². The number of hydrogen-bond acceptors (Lipinski definition) is 5. The van der Waals surface area contributed by atoms with E-state index in [1.165, 1.54) is 0 Å². The molecule has 1 aromatic heterocycles. The predicted molar refractivity (Wildman–Crippen MR) is 83.7 cm³/mol. The lowest BCUT2D eigenvalue weighted by molar-refractivity contribution is 0.254. The summed E-state index contributed by atoms with van der Waals surface area (Å²) in [6.45, 7) is 2.02. The Balaban J connectivity index is 1.84. The van der Waals surface area contributed by atoms with Crippen LogP contribution in [0, 0.1) is 0 Å². The van der Waals surface area contributed by atoms with Crippen LogP contribution in [0.1, 0.15) is 5.56 Å². The number of benzene rings is 1. The normalized spacial score (nSPS) is 10.6.